The minimum Gasteiger partial charge on any atom is -0.444 e. The van der Waals surface area contributed by atoms with E-state index in [0.717, 1.165) is 13.1 Å². The maximum Gasteiger partial charge on any atom is 0.407 e. The van der Waals surface area contributed by atoms with E-state index in [1.807, 2.05) is 20.8 Å². The first-order valence-electron chi connectivity index (χ1n) is 9.27. The predicted octanol–water partition coefficient (Wildman–Crippen LogP) is 2.25. The Morgan fingerprint density at radius 2 is 1.85 bits per heavy atom. The molecule has 27 heavy (non-hydrogen) atoms. The van der Waals surface area contributed by atoms with Crippen molar-refractivity contribution in [1.82, 2.24) is 16.0 Å². The van der Waals surface area contributed by atoms with Gasteiger partial charge >= 0.3 is 6.09 Å². The highest BCUT2D eigenvalue weighted by atomic mass is 16.6. The number of anilines is 1. The second kappa shape index (κ2) is 9.85. The number of carbonyl (C=O) groups is 1. The van der Waals surface area contributed by atoms with Crippen molar-refractivity contribution >= 4 is 17.7 Å². The SMILES string of the molecule is CN=C(NCCNC(=O)OC(C)(C)C)NCc1cccc(N2CC=CC2)c1. The number of alkyl carbamates (subject to hydrolysis) is 1. The zero-order chi connectivity index (χ0) is 19.7. The average Bonchev–Trinajstić information content (AvgIpc) is 3.14. The molecule has 0 aliphatic carbocycles. The van der Waals surface area contributed by atoms with Gasteiger partial charge in [0.2, 0.25) is 0 Å². The zero-order valence-corrected chi connectivity index (χ0v) is 16.7. The number of ether oxygens (including phenoxy) is 1. The van der Waals surface area contributed by atoms with E-state index in [-0.39, 0.29) is 0 Å². The molecule has 1 amide bonds. The number of rotatable bonds is 6. The number of amides is 1. The van der Waals surface area contributed by atoms with Gasteiger partial charge in [0, 0.05) is 45.5 Å². The Morgan fingerprint density at radius 3 is 2.52 bits per heavy atom. The lowest BCUT2D eigenvalue weighted by molar-refractivity contribution is 0.0529. The van der Waals surface area contributed by atoms with E-state index in [1.54, 1.807) is 7.05 Å². The third-order valence-corrected chi connectivity index (χ3v) is 3.86. The molecule has 1 aromatic rings. The van der Waals surface area contributed by atoms with Gasteiger partial charge in [0.1, 0.15) is 5.60 Å². The number of guanidine groups is 1. The number of nitrogens with one attached hydrogen (secondary N) is 3. The number of hydrogen-bond donors (Lipinski definition) is 3. The van der Waals surface area contributed by atoms with Crippen molar-refractivity contribution in [2.75, 3.05) is 38.1 Å². The van der Waals surface area contributed by atoms with Crippen molar-refractivity contribution < 1.29 is 9.53 Å². The molecule has 0 fully saturated rings. The van der Waals surface area contributed by atoms with E-state index in [2.05, 4.69) is 62.3 Å². The molecular weight excluding hydrogens is 342 g/mol. The standard InChI is InChI=1S/C20H31N5O2/c1-20(2,3)27-19(26)23-11-10-22-18(21-4)24-15-16-8-7-9-17(14-16)25-12-5-6-13-25/h5-9,14H,10-13,15H2,1-4H3,(H,23,26)(H2,21,22,24). The Morgan fingerprint density at radius 1 is 1.15 bits per heavy atom. The lowest BCUT2D eigenvalue weighted by atomic mass is 10.2. The topological polar surface area (TPSA) is 78.0 Å². The fourth-order valence-electron chi connectivity index (χ4n) is 2.62. The van der Waals surface area contributed by atoms with Gasteiger partial charge < -0.3 is 25.6 Å². The van der Waals surface area contributed by atoms with Crippen LogP contribution >= 0.6 is 0 Å². The Hall–Kier alpha value is -2.70. The first-order valence-corrected chi connectivity index (χ1v) is 9.27. The summed E-state index contributed by atoms with van der Waals surface area (Å²) >= 11 is 0. The molecular formula is C20H31N5O2. The van der Waals surface area contributed by atoms with Gasteiger partial charge in [-0.15, -0.1) is 0 Å². The third kappa shape index (κ3) is 7.60. The average molecular weight is 374 g/mol. The predicted molar refractivity (Wildman–Crippen MR) is 110 cm³/mol. The maximum atomic E-state index is 11.6. The van der Waals surface area contributed by atoms with Crippen LogP contribution in [0.1, 0.15) is 26.3 Å². The van der Waals surface area contributed by atoms with Gasteiger partial charge in [-0.25, -0.2) is 4.79 Å². The van der Waals surface area contributed by atoms with Crippen LogP contribution in [0.4, 0.5) is 10.5 Å². The van der Waals surface area contributed by atoms with Crippen LogP contribution in [0.3, 0.4) is 0 Å². The molecule has 7 nitrogen and oxygen atoms in total. The van der Waals surface area contributed by atoms with Crippen molar-refractivity contribution in [3.05, 3.63) is 42.0 Å². The molecule has 1 aromatic carbocycles. The monoisotopic (exact) mass is 373 g/mol. The summed E-state index contributed by atoms with van der Waals surface area (Å²) in [7, 11) is 1.73. The van der Waals surface area contributed by atoms with E-state index >= 15 is 0 Å². The Labute approximate surface area is 161 Å². The fourth-order valence-corrected chi connectivity index (χ4v) is 2.62. The molecule has 0 spiro atoms. The molecule has 7 heteroatoms. The summed E-state index contributed by atoms with van der Waals surface area (Å²) in [5.74, 6) is 0.689. The Balaban J connectivity index is 1.71. The summed E-state index contributed by atoms with van der Waals surface area (Å²) in [6.45, 7) is 9.12. The molecule has 0 bridgehead atoms. The number of aliphatic imine (C=N–C) groups is 1. The number of carbonyl (C=O) groups excluding carboxylic acids is 1. The molecule has 1 aliphatic heterocycles. The first kappa shape index (κ1) is 20.6. The van der Waals surface area contributed by atoms with Crippen LogP contribution in [-0.4, -0.2) is 50.9 Å². The quantitative estimate of drug-likeness (QED) is 0.309. The smallest absolute Gasteiger partial charge is 0.407 e. The van der Waals surface area contributed by atoms with Crippen molar-refractivity contribution in [3.8, 4) is 0 Å². The minimum atomic E-state index is -0.491. The molecule has 0 atom stereocenters. The number of benzene rings is 1. The molecule has 0 radical (unpaired) electrons. The maximum absolute atomic E-state index is 11.6. The van der Waals surface area contributed by atoms with E-state index in [0.29, 0.717) is 25.6 Å². The molecule has 0 unspecified atom stereocenters. The summed E-state index contributed by atoms with van der Waals surface area (Å²) in [6.07, 6.45) is 3.95. The highest BCUT2D eigenvalue weighted by Crippen LogP contribution is 2.18. The molecule has 148 valence electrons. The van der Waals surface area contributed by atoms with Crippen molar-refractivity contribution in [3.63, 3.8) is 0 Å². The Bertz CT molecular complexity index is 671. The van der Waals surface area contributed by atoms with Crippen LogP contribution in [0.2, 0.25) is 0 Å². The van der Waals surface area contributed by atoms with Crippen molar-refractivity contribution in [1.29, 1.82) is 0 Å². The van der Waals surface area contributed by atoms with Crippen LogP contribution in [0.25, 0.3) is 0 Å². The molecule has 3 N–H and O–H groups in total. The lowest BCUT2D eigenvalue weighted by Gasteiger charge is -2.20. The van der Waals surface area contributed by atoms with E-state index in [4.69, 9.17) is 4.74 Å². The van der Waals surface area contributed by atoms with Crippen LogP contribution in [0.5, 0.6) is 0 Å². The minimum absolute atomic E-state index is 0.416. The molecule has 1 aliphatic rings. The zero-order valence-electron chi connectivity index (χ0n) is 16.7. The fraction of sp³-hybridized carbons (Fsp3) is 0.500. The van der Waals surface area contributed by atoms with E-state index < -0.39 is 11.7 Å². The van der Waals surface area contributed by atoms with Crippen molar-refractivity contribution in [2.24, 2.45) is 4.99 Å². The van der Waals surface area contributed by atoms with Gasteiger partial charge in [0.25, 0.3) is 0 Å². The van der Waals surface area contributed by atoms with Crippen molar-refractivity contribution in [2.45, 2.75) is 32.9 Å². The van der Waals surface area contributed by atoms with Gasteiger partial charge in [0.05, 0.1) is 0 Å². The van der Waals surface area contributed by atoms with Gasteiger partial charge in [-0.1, -0.05) is 24.3 Å². The molecule has 2 rings (SSSR count). The molecule has 0 saturated heterocycles. The van der Waals surface area contributed by atoms with Gasteiger partial charge in [0.15, 0.2) is 5.96 Å². The summed E-state index contributed by atoms with van der Waals surface area (Å²) in [4.78, 5) is 18.1. The number of hydrogen-bond acceptors (Lipinski definition) is 4. The summed E-state index contributed by atoms with van der Waals surface area (Å²) < 4.78 is 5.20. The largest absolute Gasteiger partial charge is 0.444 e. The highest BCUT2D eigenvalue weighted by molar-refractivity contribution is 5.79. The summed E-state index contributed by atoms with van der Waals surface area (Å²) in [5.41, 5.74) is 1.92. The normalized spacial score (nSPS) is 14.2. The molecule has 0 saturated carbocycles. The van der Waals surface area contributed by atoms with Crippen LogP contribution in [0.15, 0.2) is 41.4 Å². The second-order valence-corrected chi connectivity index (χ2v) is 7.33. The highest BCUT2D eigenvalue weighted by Gasteiger charge is 2.15. The number of nitrogens with zero attached hydrogens (tertiary/aromatic N) is 2. The Kier molecular flexibility index (Phi) is 7.52. The van der Waals surface area contributed by atoms with Gasteiger partial charge in [-0.05, 0) is 38.5 Å². The molecule has 1 heterocycles. The van der Waals surface area contributed by atoms with Gasteiger partial charge in [-0.3, -0.25) is 4.99 Å². The van der Waals surface area contributed by atoms with Crippen LogP contribution < -0.4 is 20.9 Å². The van der Waals surface area contributed by atoms with Crippen LogP contribution in [0, 0.1) is 0 Å². The molecule has 0 aromatic heterocycles. The lowest BCUT2D eigenvalue weighted by Crippen LogP contribution is -2.42. The van der Waals surface area contributed by atoms with Crippen LogP contribution in [-0.2, 0) is 11.3 Å². The first-order chi connectivity index (χ1) is 12.9. The second-order valence-electron chi connectivity index (χ2n) is 7.33. The summed E-state index contributed by atoms with van der Waals surface area (Å²) in [5, 5.41) is 9.18. The van der Waals surface area contributed by atoms with E-state index in [1.165, 1.54) is 11.3 Å². The summed E-state index contributed by atoms with van der Waals surface area (Å²) in [6, 6.07) is 8.49. The van der Waals surface area contributed by atoms with E-state index in [9.17, 15) is 4.79 Å². The third-order valence-electron chi connectivity index (χ3n) is 3.86. The van der Waals surface area contributed by atoms with Gasteiger partial charge in [-0.2, -0.15) is 0 Å².